The van der Waals surface area contributed by atoms with Gasteiger partial charge in [0.15, 0.2) is 0 Å². The van der Waals surface area contributed by atoms with Crippen molar-refractivity contribution in [1.82, 2.24) is 20.0 Å². The van der Waals surface area contributed by atoms with Crippen LogP contribution in [0.15, 0.2) is 12.4 Å². The average molecular weight is 349 g/mol. The summed E-state index contributed by atoms with van der Waals surface area (Å²) in [7, 11) is 0. The number of aryl methyl sites for hydroxylation is 1. The molecular formula is C18H31N5O2. The van der Waals surface area contributed by atoms with Crippen molar-refractivity contribution in [1.29, 1.82) is 0 Å². The van der Waals surface area contributed by atoms with E-state index in [1.807, 2.05) is 13.1 Å². The number of rotatable bonds is 5. The summed E-state index contributed by atoms with van der Waals surface area (Å²) in [6.45, 7) is 10.1. The lowest BCUT2D eigenvalue weighted by molar-refractivity contribution is -0.0786. The van der Waals surface area contributed by atoms with E-state index in [0.29, 0.717) is 18.3 Å². The fraction of sp³-hybridized carbons (Fsp3) is 0.778. The number of hydrogen-bond donors (Lipinski definition) is 2. The summed E-state index contributed by atoms with van der Waals surface area (Å²) in [6, 6.07) is 0.409. The molecular weight excluding hydrogens is 318 g/mol. The summed E-state index contributed by atoms with van der Waals surface area (Å²) in [5.41, 5.74) is 0.750. The number of amides is 2. The average Bonchev–Trinajstić information content (AvgIpc) is 3.21. The van der Waals surface area contributed by atoms with Crippen molar-refractivity contribution in [3.8, 4) is 0 Å². The van der Waals surface area contributed by atoms with Gasteiger partial charge in [0.05, 0.1) is 23.6 Å². The zero-order valence-electron chi connectivity index (χ0n) is 15.6. The maximum absolute atomic E-state index is 12.0. The number of hydrogen-bond acceptors (Lipinski definition) is 4. The van der Waals surface area contributed by atoms with E-state index in [-0.39, 0.29) is 17.7 Å². The maximum atomic E-state index is 12.0. The molecule has 0 saturated carbocycles. The number of aromatic nitrogens is 2. The predicted molar refractivity (Wildman–Crippen MR) is 97.7 cm³/mol. The van der Waals surface area contributed by atoms with Crippen LogP contribution in [0.25, 0.3) is 0 Å². The second-order valence-electron chi connectivity index (χ2n) is 7.51. The predicted octanol–water partition coefficient (Wildman–Crippen LogP) is 2.45. The van der Waals surface area contributed by atoms with Crippen molar-refractivity contribution < 1.29 is 9.53 Å². The Morgan fingerprint density at radius 1 is 1.40 bits per heavy atom. The zero-order valence-corrected chi connectivity index (χ0v) is 15.6. The quantitative estimate of drug-likeness (QED) is 0.856. The number of carbonyl (C=O) groups is 1. The molecule has 0 aromatic carbocycles. The minimum atomic E-state index is -0.199. The molecule has 25 heavy (non-hydrogen) atoms. The summed E-state index contributed by atoms with van der Waals surface area (Å²) in [4.78, 5) is 14.5. The van der Waals surface area contributed by atoms with E-state index in [0.717, 1.165) is 45.3 Å². The van der Waals surface area contributed by atoms with Crippen molar-refractivity contribution in [2.24, 2.45) is 0 Å². The second kappa shape index (κ2) is 7.74. The Morgan fingerprint density at radius 3 is 2.80 bits per heavy atom. The molecule has 1 atom stereocenters. The first-order valence-corrected chi connectivity index (χ1v) is 9.49. The van der Waals surface area contributed by atoms with Crippen LogP contribution in [-0.4, -0.2) is 58.1 Å². The molecule has 7 heteroatoms. The lowest BCUT2D eigenvalue weighted by atomic mass is 9.88. The monoisotopic (exact) mass is 349 g/mol. The van der Waals surface area contributed by atoms with Crippen LogP contribution in [0, 0.1) is 0 Å². The van der Waals surface area contributed by atoms with Crippen molar-refractivity contribution in [2.75, 3.05) is 25.0 Å². The summed E-state index contributed by atoms with van der Waals surface area (Å²) in [6.07, 6.45) is 7.94. The number of nitrogens with zero attached hydrogens (tertiary/aromatic N) is 3. The van der Waals surface area contributed by atoms with Gasteiger partial charge < -0.3 is 20.3 Å². The molecule has 1 spiro atoms. The Morgan fingerprint density at radius 2 is 2.16 bits per heavy atom. The van der Waals surface area contributed by atoms with Crippen LogP contribution in [0.3, 0.4) is 0 Å². The Hall–Kier alpha value is -1.60. The number of ether oxygens (including phenoxy) is 1. The van der Waals surface area contributed by atoms with Gasteiger partial charge in [-0.05, 0) is 46.5 Å². The molecule has 2 N–H and O–H groups in total. The van der Waals surface area contributed by atoms with Gasteiger partial charge in [0.2, 0.25) is 0 Å². The van der Waals surface area contributed by atoms with Crippen molar-refractivity contribution in [3.63, 3.8) is 0 Å². The highest BCUT2D eigenvalue weighted by molar-refractivity contribution is 5.88. The third kappa shape index (κ3) is 4.52. The van der Waals surface area contributed by atoms with Gasteiger partial charge in [-0.15, -0.1) is 0 Å². The van der Waals surface area contributed by atoms with E-state index in [1.165, 1.54) is 0 Å². The third-order valence-electron chi connectivity index (χ3n) is 5.48. The normalized spacial score (nSPS) is 23.3. The van der Waals surface area contributed by atoms with Gasteiger partial charge in [0, 0.05) is 38.4 Å². The van der Waals surface area contributed by atoms with E-state index in [4.69, 9.17) is 4.74 Å². The van der Waals surface area contributed by atoms with Crippen LogP contribution in [0.4, 0.5) is 10.5 Å². The standard InChI is InChI=1S/C18H31N5O2/c1-4-23-13-15(11-20-23)21-17(24)19-12-16-5-6-18(25-16)7-9-22(10-8-18)14(2)3/h11,13-14,16H,4-10,12H2,1-3H3,(H2,19,21,24)/t16-/m0/s1. The van der Waals surface area contributed by atoms with Crippen LogP contribution < -0.4 is 10.6 Å². The Balaban J connectivity index is 1.40. The van der Waals surface area contributed by atoms with Gasteiger partial charge in [-0.1, -0.05) is 0 Å². The van der Waals surface area contributed by atoms with Crippen molar-refractivity contribution in [3.05, 3.63) is 12.4 Å². The van der Waals surface area contributed by atoms with Gasteiger partial charge in [-0.2, -0.15) is 5.10 Å². The molecule has 0 aliphatic carbocycles. The van der Waals surface area contributed by atoms with Crippen LogP contribution in [0.2, 0.25) is 0 Å². The highest BCUT2D eigenvalue weighted by Crippen LogP contribution is 2.39. The van der Waals surface area contributed by atoms with Gasteiger partial charge in [0.1, 0.15) is 0 Å². The lowest BCUT2D eigenvalue weighted by Gasteiger charge is -2.40. The number of urea groups is 1. The van der Waals surface area contributed by atoms with E-state index in [2.05, 4.69) is 34.5 Å². The zero-order chi connectivity index (χ0) is 17.9. The molecule has 1 aromatic rings. The molecule has 2 aliphatic rings. The van der Waals surface area contributed by atoms with Gasteiger partial charge in [-0.25, -0.2) is 4.79 Å². The molecule has 140 valence electrons. The fourth-order valence-electron chi connectivity index (χ4n) is 3.84. The molecule has 0 radical (unpaired) electrons. The number of anilines is 1. The molecule has 2 aliphatic heterocycles. The number of piperidine rings is 1. The molecule has 3 heterocycles. The lowest BCUT2D eigenvalue weighted by Crippen LogP contribution is -2.47. The van der Waals surface area contributed by atoms with Crippen molar-refractivity contribution >= 4 is 11.7 Å². The topological polar surface area (TPSA) is 71.4 Å². The molecule has 2 amide bonds. The highest BCUT2D eigenvalue weighted by Gasteiger charge is 2.42. The van der Waals surface area contributed by atoms with E-state index >= 15 is 0 Å². The molecule has 2 saturated heterocycles. The first-order chi connectivity index (χ1) is 12.0. The minimum absolute atomic E-state index is 0.0382. The maximum Gasteiger partial charge on any atom is 0.319 e. The fourth-order valence-corrected chi connectivity index (χ4v) is 3.84. The summed E-state index contributed by atoms with van der Waals surface area (Å²) in [5, 5.41) is 9.89. The largest absolute Gasteiger partial charge is 0.370 e. The minimum Gasteiger partial charge on any atom is -0.370 e. The Kier molecular flexibility index (Phi) is 5.64. The van der Waals surface area contributed by atoms with Gasteiger partial charge in [-0.3, -0.25) is 4.68 Å². The van der Waals surface area contributed by atoms with Crippen LogP contribution in [0.1, 0.15) is 46.5 Å². The summed E-state index contributed by atoms with van der Waals surface area (Å²) >= 11 is 0. The summed E-state index contributed by atoms with van der Waals surface area (Å²) < 4.78 is 8.14. The number of nitrogens with one attached hydrogen (secondary N) is 2. The Labute approximate surface area is 150 Å². The van der Waals surface area contributed by atoms with E-state index < -0.39 is 0 Å². The molecule has 1 aromatic heterocycles. The molecule has 3 rings (SSSR count). The van der Waals surface area contributed by atoms with E-state index in [9.17, 15) is 4.79 Å². The van der Waals surface area contributed by atoms with Crippen LogP contribution in [0.5, 0.6) is 0 Å². The number of carbonyl (C=O) groups excluding carboxylic acids is 1. The highest BCUT2D eigenvalue weighted by atomic mass is 16.5. The van der Waals surface area contributed by atoms with Crippen LogP contribution >= 0.6 is 0 Å². The molecule has 0 bridgehead atoms. The van der Waals surface area contributed by atoms with Gasteiger partial charge in [0.25, 0.3) is 0 Å². The third-order valence-corrected chi connectivity index (χ3v) is 5.48. The van der Waals surface area contributed by atoms with Crippen LogP contribution in [-0.2, 0) is 11.3 Å². The molecule has 0 unspecified atom stereocenters. The summed E-state index contributed by atoms with van der Waals surface area (Å²) in [5.74, 6) is 0. The van der Waals surface area contributed by atoms with Gasteiger partial charge >= 0.3 is 6.03 Å². The SMILES string of the molecule is CCn1cc(NC(=O)NC[C@@H]2CCC3(CCN(C(C)C)CC3)O2)cn1. The number of likely N-dealkylation sites (tertiary alicyclic amines) is 1. The first-order valence-electron chi connectivity index (χ1n) is 9.49. The smallest absolute Gasteiger partial charge is 0.319 e. The van der Waals surface area contributed by atoms with E-state index in [1.54, 1.807) is 10.9 Å². The first kappa shape index (κ1) is 18.2. The van der Waals surface area contributed by atoms with Crippen molar-refractivity contribution in [2.45, 2.75) is 70.7 Å². The molecule has 2 fully saturated rings. The molecule has 7 nitrogen and oxygen atoms in total. The second-order valence-corrected chi connectivity index (χ2v) is 7.51. The Bertz CT molecular complexity index is 578.